The van der Waals surface area contributed by atoms with Crippen molar-refractivity contribution < 1.29 is 19.1 Å². The van der Waals surface area contributed by atoms with Gasteiger partial charge in [0.15, 0.2) is 0 Å². The summed E-state index contributed by atoms with van der Waals surface area (Å²) >= 11 is 0. The molecule has 0 aliphatic carbocycles. The number of amides is 1. The second-order valence-electron chi connectivity index (χ2n) is 4.06. The summed E-state index contributed by atoms with van der Waals surface area (Å²) in [6.45, 7) is 0.673. The molecule has 1 saturated heterocycles. The zero-order valence-electron chi connectivity index (χ0n) is 10.4. The van der Waals surface area contributed by atoms with E-state index >= 15 is 0 Å². The number of carbonyl (C=O) groups excluding carboxylic acids is 2. The highest BCUT2D eigenvalue weighted by Gasteiger charge is 2.23. The lowest BCUT2D eigenvalue weighted by Crippen LogP contribution is -2.24. The Morgan fingerprint density at radius 2 is 2.06 bits per heavy atom. The molecular weight excluding hydrogens is 234 g/mol. The first-order valence-electron chi connectivity index (χ1n) is 5.73. The molecule has 0 saturated carbocycles. The normalized spacial score (nSPS) is 14.8. The minimum atomic E-state index is -0.443. The molecule has 0 radical (unpaired) electrons. The Kier molecular flexibility index (Phi) is 3.50. The number of nitrogens with zero attached hydrogens (tertiary/aromatic N) is 1. The molecule has 1 heterocycles. The molecule has 1 aliphatic rings. The third-order valence-corrected chi connectivity index (χ3v) is 2.93. The maximum Gasteiger partial charge on any atom is 0.338 e. The second kappa shape index (κ2) is 5.08. The van der Waals surface area contributed by atoms with Crippen molar-refractivity contribution in [2.45, 2.75) is 12.8 Å². The van der Waals surface area contributed by atoms with Gasteiger partial charge in [-0.2, -0.15) is 0 Å². The Labute approximate surface area is 105 Å². The maximum absolute atomic E-state index is 11.7. The number of hydrogen-bond donors (Lipinski definition) is 0. The van der Waals surface area contributed by atoms with Gasteiger partial charge < -0.3 is 14.4 Å². The Morgan fingerprint density at radius 3 is 2.61 bits per heavy atom. The van der Waals surface area contributed by atoms with E-state index in [0.29, 0.717) is 30.0 Å². The summed E-state index contributed by atoms with van der Waals surface area (Å²) in [4.78, 5) is 24.9. The van der Waals surface area contributed by atoms with Crippen molar-refractivity contribution in [3.05, 3.63) is 23.8 Å². The van der Waals surface area contributed by atoms with Crippen molar-refractivity contribution in [1.29, 1.82) is 0 Å². The number of rotatable bonds is 3. The third kappa shape index (κ3) is 2.30. The molecule has 5 nitrogen and oxygen atoms in total. The van der Waals surface area contributed by atoms with Crippen LogP contribution in [-0.2, 0) is 9.53 Å². The first kappa shape index (κ1) is 12.4. The molecule has 0 bridgehead atoms. The molecule has 0 unspecified atom stereocenters. The fourth-order valence-corrected chi connectivity index (χ4v) is 2.01. The molecule has 1 amide bonds. The summed E-state index contributed by atoms with van der Waals surface area (Å²) in [6.07, 6.45) is 1.38. The summed E-state index contributed by atoms with van der Waals surface area (Å²) in [7, 11) is 2.84. The second-order valence-corrected chi connectivity index (χ2v) is 4.06. The van der Waals surface area contributed by atoms with Crippen molar-refractivity contribution in [3.8, 4) is 5.75 Å². The molecule has 2 rings (SSSR count). The molecular formula is C13H15NO4. The predicted molar refractivity (Wildman–Crippen MR) is 65.9 cm³/mol. The van der Waals surface area contributed by atoms with Crippen LogP contribution in [-0.4, -0.2) is 32.6 Å². The summed E-state index contributed by atoms with van der Waals surface area (Å²) in [5, 5.41) is 0. The van der Waals surface area contributed by atoms with Gasteiger partial charge in [0.25, 0.3) is 0 Å². The van der Waals surface area contributed by atoms with Gasteiger partial charge in [0.05, 0.1) is 19.8 Å². The van der Waals surface area contributed by atoms with E-state index < -0.39 is 5.97 Å². The van der Waals surface area contributed by atoms with E-state index in [-0.39, 0.29) is 5.91 Å². The molecule has 0 aromatic heterocycles. The quantitative estimate of drug-likeness (QED) is 0.764. The van der Waals surface area contributed by atoms with Crippen molar-refractivity contribution in [2.24, 2.45) is 0 Å². The number of hydrogen-bond acceptors (Lipinski definition) is 4. The van der Waals surface area contributed by atoms with Crippen molar-refractivity contribution in [2.75, 3.05) is 25.7 Å². The molecule has 0 N–H and O–H groups in total. The van der Waals surface area contributed by atoms with Crippen LogP contribution in [0.2, 0.25) is 0 Å². The molecule has 0 atom stereocenters. The van der Waals surface area contributed by atoms with Crippen LogP contribution < -0.4 is 9.64 Å². The van der Waals surface area contributed by atoms with E-state index in [0.717, 1.165) is 6.42 Å². The van der Waals surface area contributed by atoms with Crippen molar-refractivity contribution in [1.82, 2.24) is 0 Å². The summed E-state index contributed by atoms with van der Waals surface area (Å²) < 4.78 is 9.82. The Balaban J connectivity index is 2.40. The molecule has 96 valence electrons. The standard InChI is InChI=1S/C13H15NO4/c1-17-11-7-9(13(16)18-2)6-10(8-11)14-5-3-4-12(14)15/h6-8H,3-5H2,1-2H3. The zero-order valence-corrected chi connectivity index (χ0v) is 10.4. The lowest BCUT2D eigenvalue weighted by molar-refractivity contribution is -0.117. The number of ether oxygens (including phenoxy) is 2. The highest BCUT2D eigenvalue weighted by molar-refractivity contribution is 5.98. The fourth-order valence-electron chi connectivity index (χ4n) is 2.01. The van der Waals surface area contributed by atoms with E-state index in [1.165, 1.54) is 14.2 Å². The Morgan fingerprint density at radius 1 is 1.28 bits per heavy atom. The Hall–Kier alpha value is -2.04. The highest BCUT2D eigenvalue weighted by atomic mass is 16.5. The van der Waals surface area contributed by atoms with Crippen molar-refractivity contribution >= 4 is 17.6 Å². The van der Waals surface area contributed by atoms with Gasteiger partial charge in [-0.05, 0) is 18.6 Å². The number of esters is 1. The minimum absolute atomic E-state index is 0.0686. The number of anilines is 1. The van der Waals surface area contributed by atoms with Crippen LogP contribution in [0.25, 0.3) is 0 Å². The largest absolute Gasteiger partial charge is 0.497 e. The minimum Gasteiger partial charge on any atom is -0.497 e. The van der Waals surface area contributed by atoms with Gasteiger partial charge in [0.2, 0.25) is 5.91 Å². The van der Waals surface area contributed by atoms with Crippen LogP contribution in [0.1, 0.15) is 23.2 Å². The SMILES string of the molecule is COC(=O)c1cc(OC)cc(N2CCCC2=O)c1. The van der Waals surface area contributed by atoms with Gasteiger partial charge in [0, 0.05) is 24.7 Å². The first-order chi connectivity index (χ1) is 8.65. The summed E-state index contributed by atoms with van der Waals surface area (Å²) in [5.41, 5.74) is 1.06. The number of methoxy groups -OCH3 is 2. The topological polar surface area (TPSA) is 55.8 Å². The third-order valence-electron chi connectivity index (χ3n) is 2.93. The van der Waals surface area contributed by atoms with Crippen LogP contribution in [0.3, 0.4) is 0 Å². The average molecular weight is 249 g/mol. The maximum atomic E-state index is 11.7. The zero-order chi connectivity index (χ0) is 13.1. The predicted octanol–water partition coefficient (Wildman–Crippen LogP) is 1.61. The lowest BCUT2D eigenvalue weighted by atomic mass is 10.1. The summed E-state index contributed by atoms with van der Waals surface area (Å²) in [6, 6.07) is 4.99. The van der Waals surface area contributed by atoms with E-state index in [1.54, 1.807) is 23.1 Å². The molecule has 1 aliphatic heterocycles. The smallest absolute Gasteiger partial charge is 0.338 e. The lowest BCUT2D eigenvalue weighted by Gasteiger charge is -2.17. The van der Waals surface area contributed by atoms with Gasteiger partial charge >= 0.3 is 5.97 Å². The molecule has 1 fully saturated rings. The highest BCUT2D eigenvalue weighted by Crippen LogP contribution is 2.27. The first-order valence-corrected chi connectivity index (χ1v) is 5.73. The van der Waals surface area contributed by atoms with E-state index in [9.17, 15) is 9.59 Å². The van der Waals surface area contributed by atoms with Crippen molar-refractivity contribution in [3.63, 3.8) is 0 Å². The van der Waals surface area contributed by atoms with Gasteiger partial charge in [-0.25, -0.2) is 4.79 Å². The van der Waals surface area contributed by atoms with Crippen LogP contribution in [0.4, 0.5) is 5.69 Å². The van der Waals surface area contributed by atoms with Crippen LogP contribution in [0.5, 0.6) is 5.75 Å². The molecule has 18 heavy (non-hydrogen) atoms. The average Bonchev–Trinajstić information content (AvgIpc) is 2.83. The van der Waals surface area contributed by atoms with E-state index in [4.69, 9.17) is 4.74 Å². The van der Waals surface area contributed by atoms with Gasteiger partial charge in [-0.3, -0.25) is 4.79 Å². The van der Waals surface area contributed by atoms with Crippen LogP contribution in [0.15, 0.2) is 18.2 Å². The number of carbonyl (C=O) groups is 2. The molecule has 1 aromatic rings. The molecule has 1 aromatic carbocycles. The number of benzene rings is 1. The fraction of sp³-hybridized carbons (Fsp3) is 0.385. The van der Waals surface area contributed by atoms with E-state index in [2.05, 4.69) is 4.74 Å². The molecule has 5 heteroatoms. The Bertz CT molecular complexity index is 484. The summed E-state index contributed by atoms with van der Waals surface area (Å²) in [5.74, 6) is 0.161. The van der Waals surface area contributed by atoms with Crippen LogP contribution >= 0.6 is 0 Å². The van der Waals surface area contributed by atoms with Gasteiger partial charge in [0.1, 0.15) is 5.75 Å². The van der Waals surface area contributed by atoms with Gasteiger partial charge in [-0.1, -0.05) is 0 Å². The van der Waals surface area contributed by atoms with Gasteiger partial charge in [-0.15, -0.1) is 0 Å². The van der Waals surface area contributed by atoms with Crippen LogP contribution in [0, 0.1) is 0 Å². The van der Waals surface area contributed by atoms with E-state index in [1.807, 2.05) is 0 Å². The molecule has 0 spiro atoms. The monoisotopic (exact) mass is 249 g/mol.